The Hall–Kier alpha value is -4.44. The van der Waals surface area contributed by atoms with Crippen molar-refractivity contribution in [2.45, 2.75) is 34.1 Å². The molecule has 4 aromatic rings. The number of anilines is 2. The summed E-state index contributed by atoms with van der Waals surface area (Å²) in [6, 6.07) is 11.8. The lowest BCUT2D eigenvalue weighted by molar-refractivity contribution is -0.135. The Morgan fingerprint density at radius 1 is 0.878 bits per heavy atom. The molecule has 0 aliphatic rings. The molecule has 0 spiro atoms. The number of halogens is 2. The average Bonchev–Trinajstić information content (AvgIpc) is 2.95. The maximum absolute atomic E-state index is 13.1. The molecule has 2 aromatic heterocycles. The first kappa shape index (κ1) is 31.1. The highest BCUT2D eigenvalue weighted by molar-refractivity contribution is 6.32. The SMILES string of the molecule is CCC.COc1cc2nccc(Oc3ncc(NC(=O)C(C)(C)C(=O)Nc4ccc(F)cc4)cc3Cl)c2cc1OC. The molecule has 2 N–H and O–H groups in total. The van der Waals surface area contributed by atoms with Crippen LogP contribution in [0.2, 0.25) is 5.02 Å². The molecule has 11 heteroatoms. The number of fused-ring (bicyclic) bond motifs is 1. The van der Waals surface area contributed by atoms with E-state index in [-0.39, 0.29) is 16.6 Å². The quantitative estimate of drug-likeness (QED) is 0.210. The van der Waals surface area contributed by atoms with Crippen LogP contribution in [-0.2, 0) is 9.59 Å². The molecule has 0 radical (unpaired) electrons. The van der Waals surface area contributed by atoms with Crippen molar-refractivity contribution in [2.24, 2.45) is 5.41 Å². The van der Waals surface area contributed by atoms with Gasteiger partial charge in [-0.15, -0.1) is 0 Å². The van der Waals surface area contributed by atoms with Crippen LogP contribution in [0.1, 0.15) is 34.1 Å². The molecule has 0 aliphatic heterocycles. The van der Waals surface area contributed by atoms with Gasteiger partial charge in [-0.3, -0.25) is 14.6 Å². The summed E-state index contributed by atoms with van der Waals surface area (Å²) in [4.78, 5) is 34.2. The largest absolute Gasteiger partial charge is 0.493 e. The summed E-state index contributed by atoms with van der Waals surface area (Å²) >= 11 is 6.41. The number of ether oxygens (including phenoxy) is 3. The molecular formula is C30H32ClFN4O5. The fraction of sp³-hybridized carbons (Fsp3) is 0.267. The monoisotopic (exact) mass is 582 g/mol. The van der Waals surface area contributed by atoms with Gasteiger partial charge < -0.3 is 24.8 Å². The highest BCUT2D eigenvalue weighted by Gasteiger charge is 2.36. The number of rotatable bonds is 8. The normalized spacial score (nSPS) is 10.7. The van der Waals surface area contributed by atoms with Gasteiger partial charge in [0.1, 0.15) is 22.0 Å². The highest BCUT2D eigenvalue weighted by Crippen LogP contribution is 2.38. The van der Waals surface area contributed by atoms with Crippen molar-refractivity contribution in [2.75, 3.05) is 24.9 Å². The zero-order valence-electron chi connectivity index (χ0n) is 23.7. The van der Waals surface area contributed by atoms with Gasteiger partial charge in [-0.1, -0.05) is 31.9 Å². The molecule has 0 aliphatic carbocycles. The number of nitrogens with zero attached hydrogens (tertiary/aromatic N) is 2. The molecule has 216 valence electrons. The molecule has 41 heavy (non-hydrogen) atoms. The van der Waals surface area contributed by atoms with E-state index in [4.69, 9.17) is 25.8 Å². The average molecular weight is 583 g/mol. The smallest absolute Gasteiger partial charge is 0.239 e. The van der Waals surface area contributed by atoms with Crippen LogP contribution in [0.3, 0.4) is 0 Å². The van der Waals surface area contributed by atoms with Crippen molar-refractivity contribution in [3.63, 3.8) is 0 Å². The second-order valence-electron chi connectivity index (χ2n) is 9.39. The zero-order valence-corrected chi connectivity index (χ0v) is 24.4. The summed E-state index contributed by atoms with van der Waals surface area (Å²) in [6.07, 6.45) is 4.19. The van der Waals surface area contributed by atoms with Crippen LogP contribution in [0.15, 0.2) is 60.9 Å². The molecule has 0 saturated heterocycles. The predicted octanol–water partition coefficient (Wildman–Crippen LogP) is 7.25. The van der Waals surface area contributed by atoms with E-state index in [1.54, 1.807) is 24.4 Å². The minimum atomic E-state index is -1.47. The third kappa shape index (κ3) is 7.61. The summed E-state index contributed by atoms with van der Waals surface area (Å²) in [5.41, 5.74) is -0.225. The summed E-state index contributed by atoms with van der Waals surface area (Å²) in [5, 5.41) is 6.02. The molecule has 0 fully saturated rings. The van der Waals surface area contributed by atoms with Crippen LogP contribution in [0, 0.1) is 11.2 Å². The van der Waals surface area contributed by atoms with Crippen LogP contribution in [-0.4, -0.2) is 36.0 Å². The number of carbonyl (C=O) groups excluding carboxylic acids is 2. The molecule has 0 atom stereocenters. The molecule has 9 nitrogen and oxygen atoms in total. The molecular weight excluding hydrogens is 551 g/mol. The molecule has 2 amide bonds. The van der Waals surface area contributed by atoms with E-state index in [2.05, 4.69) is 34.4 Å². The first-order valence-electron chi connectivity index (χ1n) is 12.8. The lowest BCUT2D eigenvalue weighted by Crippen LogP contribution is -2.41. The summed E-state index contributed by atoms with van der Waals surface area (Å²) < 4.78 is 29.8. The van der Waals surface area contributed by atoms with Gasteiger partial charge in [0.25, 0.3) is 0 Å². The Kier molecular flexibility index (Phi) is 10.4. The summed E-state index contributed by atoms with van der Waals surface area (Å²) in [5.74, 6) is -0.0480. The van der Waals surface area contributed by atoms with Crippen LogP contribution in [0.5, 0.6) is 23.1 Å². The van der Waals surface area contributed by atoms with E-state index in [0.717, 1.165) is 0 Å². The number of pyridine rings is 2. The standard InChI is InChI=1S/C27H24ClFN4O5.C3H8/c1-27(2,25(34)32-16-7-5-15(29)6-8-16)26(35)33-17-11-19(28)24(31-14-17)38-21-9-10-30-20-13-23(37-4)22(36-3)12-18(20)21;1-3-2/h5-14H,1-4H3,(H,32,34)(H,33,35);3H2,1-2H3. The van der Waals surface area contributed by atoms with Gasteiger partial charge in [-0.05, 0) is 56.3 Å². The first-order valence-corrected chi connectivity index (χ1v) is 13.1. The van der Waals surface area contributed by atoms with Crippen molar-refractivity contribution in [1.29, 1.82) is 0 Å². The van der Waals surface area contributed by atoms with Crippen molar-refractivity contribution in [1.82, 2.24) is 9.97 Å². The van der Waals surface area contributed by atoms with Crippen LogP contribution < -0.4 is 24.8 Å². The lowest BCUT2D eigenvalue weighted by atomic mass is 9.91. The van der Waals surface area contributed by atoms with Crippen LogP contribution in [0.4, 0.5) is 15.8 Å². The van der Waals surface area contributed by atoms with Gasteiger partial charge in [-0.2, -0.15) is 0 Å². The Bertz CT molecular complexity index is 1530. The van der Waals surface area contributed by atoms with Gasteiger partial charge in [0, 0.05) is 23.3 Å². The van der Waals surface area contributed by atoms with E-state index >= 15 is 0 Å². The van der Waals surface area contributed by atoms with E-state index in [9.17, 15) is 14.0 Å². The minimum Gasteiger partial charge on any atom is -0.493 e. The van der Waals surface area contributed by atoms with Gasteiger partial charge in [-0.25, -0.2) is 9.37 Å². The molecule has 4 rings (SSSR count). The van der Waals surface area contributed by atoms with E-state index in [1.165, 1.54) is 71.0 Å². The van der Waals surface area contributed by atoms with E-state index < -0.39 is 23.0 Å². The second-order valence-corrected chi connectivity index (χ2v) is 9.80. The van der Waals surface area contributed by atoms with Gasteiger partial charge >= 0.3 is 0 Å². The van der Waals surface area contributed by atoms with Gasteiger partial charge in [0.15, 0.2) is 11.5 Å². The third-order valence-electron chi connectivity index (χ3n) is 5.72. The van der Waals surface area contributed by atoms with Crippen molar-refractivity contribution in [3.05, 3.63) is 71.8 Å². The number of aromatic nitrogens is 2. The number of hydrogen-bond acceptors (Lipinski definition) is 7. The predicted molar refractivity (Wildman–Crippen MR) is 158 cm³/mol. The number of hydrogen-bond donors (Lipinski definition) is 2. The fourth-order valence-corrected chi connectivity index (χ4v) is 3.63. The van der Waals surface area contributed by atoms with Crippen LogP contribution in [0.25, 0.3) is 10.9 Å². The molecule has 0 unspecified atom stereocenters. The molecule has 0 saturated carbocycles. The second kappa shape index (κ2) is 13.8. The molecule has 2 heterocycles. The number of nitrogens with one attached hydrogen (secondary N) is 2. The van der Waals surface area contributed by atoms with Gasteiger partial charge in [0.2, 0.25) is 17.7 Å². The minimum absolute atomic E-state index is 0.0975. The Morgan fingerprint density at radius 2 is 1.46 bits per heavy atom. The molecule has 0 bridgehead atoms. The van der Waals surface area contributed by atoms with Gasteiger partial charge in [0.05, 0.1) is 31.6 Å². The van der Waals surface area contributed by atoms with E-state index in [0.29, 0.717) is 33.8 Å². The maximum Gasteiger partial charge on any atom is 0.239 e. The van der Waals surface area contributed by atoms with E-state index in [1.807, 2.05) is 0 Å². The third-order valence-corrected chi connectivity index (χ3v) is 5.99. The Morgan fingerprint density at radius 3 is 2.05 bits per heavy atom. The number of carbonyl (C=O) groups is 2. The topological polar surface area (TPSA) is 112 Å². The maximum atomic E-state index is 13.1. The van der Waals surface area contributed by atoms with Crippen molar-refractivity contribution < 1.29 is 28.2 Å². The van der Waals surface area contributed by atoms with Crippen LogP contribution >= 0.6 is 11.6 Å². The summed E-state index contributed by atoms with van der Waals surface area (Å²) in [7, 11) is 3.06. The summed E-state index contributed by atoms with van der Waals surface area (Å²) in [6.45, 7) is 7.18. The van der Waals surface area contributed by atoms with Crippen molar-refractivity contribution in [3.8, 4) is 23.1 Å². The fourth-order valence-electron chi connectivity index (χ4n) is 3.42. The highest BCUT2D eigenvalue weighted by atomic mass is 35.5. The van der Waals surface area contributed by atoms with Crippen molar-refractivity contribution >= 4 is 45.7 Å². The molecule has 2 aromatic carbocycles. The first-order chi connectivity index (χ1) is 19.5. The number of methoxy groups -OCH3 is 2. The zero-order chi connectivity index (χ0) is 30.2. The Balaban J connectivity index is 0.00000147. The lowest BCUT2D eigenvalue weighted by Gasteiger charge is -2.23. The Labute approximate surface area is 243 Å². The number of amides is 2. The number of benzene rings is 2.